The summed E-state index contributed by atoms with van der Waals surface area (Å²) in [6.45, 7) is 0.574. The van der Waals surface area contributed by atoms with Crippen LogP contribution in [-0.4, -0.2) is 40.3 Å². The quantitative estimate of drug-likeness (QED) is 0.793. The largest absolute Gasteiger partial charge is 0.475 e. The zero-order valence-corrected chi connectivity index (χ0v) is 11.6. The lowest BCUT2D eigenvalue weighted by Crippen LogP contribution is -2.47. The molecule has 3 fully saturated rings. The van der Waals surface area contributed by atoms with E-state index < -0.39 is 17.8 Å². The van der Waals surface area contributed by atoms with E-state index in [-0.39, 0.29) is 11.3 Å². The summed E-state index contributed by atoms with van der Waals surface area (Å²) in [7, 11) is 0. The molecule has 0 aromatic heterocycles. The summed E-state index contributed by atoms with van der Waals surface area (Å²) >= 11 is 0. The molecule has 0 radical (unpaired) electrons. The second-order valence-corrected chi connectivity index (χ2v) is 6.66. The van der Waals surface area contributed by atoms with Crippen molar-refractivity contribution in [2.24, 2.45) is 11.3 Å². The smallest absolute Gasteiger partial charge is 0.374 e. The van der Waals surface area contributed by atoms with Crippen LogP contribution in [0.4, 0.5) is 0 Å². The van der Waals surface area contributed by atoms with Gasteiger partial charge < -0.3 is 10.0 Å². The molecule has 1 saturated heterocycles. The first-order chi connectivity index (χ1) is 9.53. The second-order valence-electron chi connectivity index (χ2n) is 6.66. The fourth-order valence-electron chi connectivity index (χ4n) is 3.98. The maximum Gasteiger partial charge on any atom is 0.374 e. The summed E-state index contributed by atoms with van der Waals surface area (Å²) < 4.78 is 0. The van der Waals surface area contributed by atoms with Crippen LogP contribution in [-0.2, 0) is 14.4 Å². The predicted octanol–water partition coefficient (Wildman–Crippen LogP) is 1.60. The van der Waals surface area contributed by atoms with Crippen molar-refractivity contribution in [3.63, 3.8) is 0 Å². The van der Waals surface area contributed by atoms with Crippen LogP contribution in [0.5, 0.6) is 0 Å². The van der Waals surface area contributed by atoms with Crippen molar-refractivity contribution in [3.8, 4) is 0 Å². The fraction of sp³-hybridized carbons (Fsp3) is 0.800. The number of carbonyl (C=O) groups excluding carboxylic acids is 2. The van der Waals surface area contributed by atoms with Crippen molar-refractivity contribution in [1.29, 1.82) is 0 Å². The molecule has 1 spiro atoms. The van der Waals surface area contributed by atoms with Gasteiger partial charge in [-0.05, 0) is 31.6 Å². The minimum Gasteiger partial charge on any atom is -0.475 e. The highest BCUT2D eigenvalue weighted by Crippen LogP contribution is 2.57. The lowest BCUT2D eigenvalue weighted by molar-refractivity contribution is -0.153. The number of carboxylic acids is 1. The molecule has 110 valence electrons. The number of likely N-dealkylation sites (tertiary alicyclic amines) is 1. The Bertz CT molecular complexity index is 449. The molecule has 1 N–H and O–H groups in total. The number of hydrogen-bond donors (Lipinski definition) is 1. The van der Waals surface area contributed by atoms with Crippen LogP contribution in [0.1, 0.15) is 51.4 Å². The Morgan fingerprint density at radius 3 is 2.40 bits per heavy atom. The third kappa shape index (κ3) is 2.23. The molecule has 0 aromatic rings. The van der Waals surface area contributed by atoms with E-state index in [4.69, 9.17) is 5.11 Å². The molecule has 2 aliphatic carbocycles. The highest BCUT2D eigenvalue weighted by molar-refractivity contribution is 6.35. The number of aliphatic carboxylic acids is 1. The topological polar surface area (TPSA) is 74.7 Å². The first-order valence-electron chi connectivity index (χ1n) is 7.60. The molecule has 2 saturated carbocycles. The van der Waals surface area contributed by atoms with E-state index in [1.807, 2.05) is 0 Å². The number of ketones is 1. The summed E-state index contributed by atoms with van der Waals surface area (Å²) in [5.41, 5.74) is -0.346. The number of carbonyl (C=O) groups is 3. The van der Waals surface area contributed by atoms with Gasteiger partial charge in [-0.25, -0.2) is 4.79 Å². The molecule has 5 heteroatoms. The van der Waals surface area contributed by atoms with Gasteiger partial charge in [0.05, 0.1) is 0 Å². The third-order valence-corrected chi connectivity index (χ3v) is 5.25. The summed E-state index contributed by atoms with van der Waals surface area (Å²) in [5.74, 6) is -1.77. The van der Waals surface area contributed by atoms with E-state index in [2.05, 4.69) is 0 Å². The van der Waals surface area contributed by atoms with Crippen LogP contribution in [0.3, 0.4) is 0 Å². The molecule has 1 unspecified atom stereocenters. The number of nitrogens with zero attached hydrogens (tertiary/aromatic N) is 1. The van der Waals surface area contributed by atoms with Gasteiger partial charge in [0, 0.05) is 18.4 Å². The van der Waals surface area contributed by atoms with Gasteiger partial charge in [0.15, 0.2) is 0 Å². The summed E-state index contributed by atoms with van der Waals surface area (Å²) in [6.07, 6.45) is 7.75. The van der Waals surface area contributed by atoms with Crippen LogP contribution < -0.4 is 0 Å². The van der Waals surface area contributed by atoms with Gasteiger partial charge in [-0.1, -0.05) is 19.3 Å². The lowest BCUT2D eigenvalue weighted by Gasteiger charge is -2.31. The number of rotatable bonds is 4. The zero-order chi connectivity index (χ0) is 14.3. The van der Waals surface area contributed by atoms with E-state index in [9.17, 15) is 14.4 Å². The maximum absolute atomic E-state index is 12.2. The van der Waals surface area contributed by atoms with Crippen molar-refractivity contribution in [2.75, 3.05) is 6.54 Å². The minimum atomic E-state index is -1.40. The van der Waals surface area contributed by atoms with Gasteiger partial charge in [-0.15, -0.1) is 0 Å². The van der Waals surface area contributed by atoms with Crippen LogP contribution >= 0.6 is 0 Å². The maximum atomic E-state index is 12.2. The monoisotopic (exact) mass is 279 g/mol. The van der Waals surface area contributed by atoms with Gasteiger partial charge in [-0.2, -0.15) is 0 Å². The second kappa shape index (κ2) is 4.86. The van der Waals surface area contributed by atoms with Crippen molar-refractivity contribution in [1.82, 2.24) is 4.90 Å². The molecule has 1 heterocycles. The van der Waals surface area contributed by atoms with Crippen molar-refractivity contribution in [2.45, 2.75) is 57.4 Å². The van der Waals surface area contributed by atoms with Gasteiger partial charge in [-0.3, -0.25) is 9.59 Å². The van der Waals surface area contributed by atoms with Crippen LogP contribution in [0, 0.1) is 11.3 Å². The predicted molar refractivity (Wildman–Crippen MR) is 71.0 cm³/mol. The number of amides is 1. The van der Waals surface area contributed by atoms with Crippen molar-refractivity contribution >= 4 is 17.7 Å². The summed E-state index contributed by atoms with van der Waals surface area (Å²) in [6, 6.07) is -0.700. The Morgan fingerprint density at radius 2 is 1.85 bits per heavy atom. The standard InChI is InChI=1S/C15H21NO4/c17-11-8-15(6-7-15)13(12(18)14(19)20)16(11)9-10-4-2-1-3-5-10/h10,13H,1-9H2,(H,19,20). The highest BCUT2D eigenvalue weighted by atomic mass is 16.4. The molecular formula is C15H21NO4. The number of hydrogen-bond acceptors (Lipinski definition) is 3. The first kappa shape index (κ1) is 13.6. The van der Waals surface area contributed by atoms with Crippen molar-refractivity contribution < 1.29 is 19.5 Å². The SMILES string of the molecule is O=C(O)C(=O)C1N(CC2CCCCC2)C(=O)CC12CC2. The molecule has 1 amide bonds. The van der Waals surface area contributed by atoms with E-state index in [1.165, 1.54) is 19.3 Å². The Kier molecular flexibility index (Phi) is 3.30. The summed E-state index contributed by atoms with van der Waals surface area (Å²) in [5, 5.41) is 9.02. The molecule has 3 aliphatic rings. The number of carboxylic acid groups (broad SMARTS) is 1. The normalized spacial score (nSPS) is 28.9. The zero-order valence-electron chi connectivity index (χ0n) is 11.6. The van der Waals surface area contributed by atoms with E-state index in [0.717, 1.165) is 25.7 Å². The molecule has 1 aliphatic heterocycles. The van der Waals surface area contributed by atoms with Crippen LogP contribution in [0.25, 0.3) is 0 Å². The Balaban J connectivity index is 1.77. The Labute approximate surface area is 118 Å². The highest BCUT2D eigenvalue weighted by Gasteiger charge is 2.62. The lowest BCUT2D eigenvalue weighted by atomic mass is 9.88. The average Bonchev–Trinajstić information content (AvgIpc) is 3.13. The van der Waals surface area contributed by atoms with E-state index >= 15 is 0 Å². The summed E-state index contributed by atoms with van der Waals surface area (Å²) in [4.78, 5) is 36.9. The number of Topliss-reactive ketones (excluding diaryl/α,β-unsaturated/α-hetero) is 1. The van der Waals surface area contributed by atoms with Crippen molar-refractivity contribution in [3.05, 3.63) is 0 Å². The molecule has 1 atom stereocenters. The van der Waals surface area contributed by atoms with Crippen LogP contribution in [0.15, 0.2) is 0 Å². The molecule has 0 bridgehead atoms. The van der Waals surface area contributed by atoms with Gasteiger partial charge in [0.1, 0.15) is 6.04 Å². The minimum absolute atomic E-state index is 0.0207. The third-order valence-electron chi connectivity index (χ3n) is 5.25. The van der Waals surface area contributed by atoms with Gasteiger partial charge in [0.25, 0.3) is 5.78 Å². The first-order valence-corrected chi connectivity index (χ1v) is 7.60. The van der Waals surface area contributed by atoms with E-state index in [0.29, 0.717) is 18.9 Å². The molecule has 0 aromatic carbocycles. The molecule has 3 rings (SSSR count). The van der Waals surface area contributed by atoms with Gasteiger partial charge in [0.2, 0.25) is 5.91 Å². The average molecular weight is 279 g/mol. The van der Waals surface area contributed by atoms with Gasteiger partial charge >= 0.3 is 5.97 Å². The Hall–Kier alpha value is -1.39. The van der Waals surface area contributed by atoms with E-state index in [1.54, 1.807) is 4.90 Å². The molecular weight excluding hydrogens is 258 g/mol. The fourth-order valence-corrected chi connectivity index (χ4v) is 3.98. The Morgan fingerprint density at radius 1 is 1.20 bits per heavy atom. The van der Waals surface area contributed by atoms with Crippen LogP contribution in [0.2, 0.25) is 0 Å². The molecule has 20 heavy (non-hydrogen) atoms. The molecule has 5 nitrogen and oxygen atoms in total.